The molecule has 7 nitrogen and oxygen atoms in total. The van der Waals surface area contributed by atoms with Gasteiger partial charge in [-0.2, -0.15) is 0 Å². The monoisotopic (exact) mass is 532 g/mol. The van der Waals surface area contributed by atoms with Crippen molar-refractivity contribution < 1.29 is 14.2 Å². The van der Waals surface area contributed by atoms with Crippen LogP contribution < -0.4 is 10.2 Å². The van der Waals surface area contributed by atoms with Crippen LogP contribution in [-0.4, -0.2) is 83.7 Å². The Hall–Kier alpha value is -1.10. The summed E-state index contributed by atoms with van der Waals surface area (Å²) >= 11 is 0. The Morgan fingerprint density at radius 3 is 2.63 bits per heavy atom. The molecule has 2 heterocycles. The van der Waals surface area contributed by atoms with Gasteiger partial charge in [-0.15, -0.1) is 24.0 Å². The summed E-state index contributed by atoms with van der Waals surface area (Å²) in [6.45, 7) is 11.4. The summed E-state index contributed by atoms with van der Waals surface area (Å²) in [7, 11) is 1.70. The van der Waals surface area contributed by atoms with Crippen molar-refractivity contribution in [3.05, 3.63) is 29.8 Å². The number of rotatable bonds is 9. The van der Waals surface area contributed by atoms with Crippen LogP contribution in [0.15, 0.2) is 29.3 Å². The minimum absolute atomic E-state index is 0. The molecule has 1 unspecified atom stereocenters. The highest BCUT2D eigenvalue weighted by Crippen LogP contribution is 2.19. The fourth-order valence-corrected chi connectivity index (χ4v) is 3.78. The molecule has 2 aliphatic heterocycles. The van der Waals surface area contributed by atoms with E-state index < -0.39 is 0 Å². The largest absolute Gasteiger partial charge is 0.382 e. The van der Waals surface area contributed by atoms with Crippen molar-refractivity contribution in [2.75, 3.05) is 77.8 Å². The van der Waals surface area contributed by atoms with Crippen LogP contribution >= 0.6 is 24.0 Å². The number of halogens is 1. The van der Waals surface area contributed by atoms with E-state index in [1.54, 1.807) is 7.11 Å². The molecule has 0 saturated carbocycles. The summed E-state index contributed by atoms with van der Waals surface area (Å²) in [5.74, 6) is 1.56. The molecular formula is C22H37IN4O3. The smallest absolute Gasteiger partial charge is 0.194 e. The Morgan fingerprint density at radius 1 is 1.17 bits per heavy atom. The van der Waals surface area contributed by atoms with E-state index in [1.165, 1.54) is 11.3 Å². The predicted octanol–water partition coefficient (Wildman–Crippen LogP) is 2.59. The minimum Gasteiger partial charge on any atom is -0.382 e. The first-order valence-electron chi connectivity index (χ1n) is 10.8. The lowest BCUT2D eigenvalue weighted by molar-refractivity contribution is 0.0536. The van der Waals surface area contributed by atoms with E-state index in [9.17, 15) is 0 Å². The highest BCUT2D eigenvalue weighted by molar-refractivity contribution is 14.0. The number of hydrogen-bond donors (Lipinski definition) is 1. The molecule has 8 heteroatoms. The van der Waals surface area contributed by atoms with Crippen molar-refractivity contribution in [2.24, 2.45) is 10.9 Å². The highest BCUT2D eigenvalue weighted by Gasteiger charge is 2.25. The van der Waals surface area contributed by atoms with Gasteiger partial charge in [-0.05, 0) is 31.0 Å². The number of anilines is 1. The van der Waals surface area contributed by atoms with Crippen molar-refractivity contribution in [3.8, 4) is 0 Å². The van der Waals surface area contributed by atoms with Gasteiger partial charge in [0.15, 0.2) is 5.96 Å². The van der Waals surface area contributed by atoms with Crippen LogP contribution in [0.1, 0.15) is 18.9 Å². The maximum atomic E-state index is 5.71. The molecule has 3 rings (SSSR count). The molecule has 0 spiro atoms. The number of hydrogen-bond acceptors (Lipinski definition) is 5. The molecule has 0 amide bonds. The van der Waals surface area contributed by atoms with Crippen molar-refractivity contribution in [1.82, 2.24) is 10.2 Å². The van der Waals surface area contributed by atoms with Crippen molar-refractivity contribution in [2.45, 2.75) is 19.9 Å². The molecular weight excluding hydrogens is 495 g/mol. The summed E-state index contributed by atoms with van der Waals surface area (Å²) in [4.78, 5) is 9.62. The number of nitrogens with one attached hydrogen (secondary N) is 1. The lowest BCUT2D eigenvalue weighted by atomic mass is 10.1. The van der Waals surface area contributed by atoms with E-state index in [0.29, 0.717) is 25.7 Å². The highest BCUT2D eigenvalue weighted by atomic mass is 127. The lowest BCUT2D eigenvalue weighted by Crippen LogP contribution is -2.40. The van der Waals surface area contributed by atoms with E-state index in [2.05, 4.69) is 46.3 Å². The number of guanidine groups is 1. The number of morpholine rings is 1. The molecule has 2 saturated heterocycles. The topological polar surface area (TPSA) is 58.6 Å². The van der Waals surface area contributed by atoms with Crippen LogP contribution in [0.4, 0.5) is 5.69 Å². The predicted molar refractivity (Wildman–Crippen MR) is 132 cm³/mol. The summed E-state index contributed by atoms with van der Waals surface area (Å²) in [5.41, 5.74) is 2.50. The van der Waals surface area contributed by atoms with Crippen molar-refractivity contribution in [3.63, 3.8) is 0 Å². The summed E-state index contributed by atoms with van der Waals surface area (Å²) in [6.07, 6.45) is 1.14. The second-order valence-electron chi connectivity index (χ2n) is 7.60. The normalized spacial score (nSPS) is 19.7. The van der Waals surface area contributed by atoms with Gasteiger partial charge in [0.1, 0.15) is 0 Å². The molecule has 1 aromatic carbocycles. The molecule has 2 fully saturated rings. The first kappa shape index (κ1) is 25.2. The minimum atomic E-state index is 0. The lowest BCUT2D eigenvalue weighted by Gasteiger charge is -2.28. The number of benzene rings is 1. The Balaban J connectivity index is 0.00000320. The van der Waals surface area contributed by atoms with E-state index >= 15 is 0 Å². The van der Waals surface area contributed by atoms with Gasteiger partial charge in [-0.25, -0.2) is 4.99 Å². The molecule has 2 aliphatic rings. The van der Waals surface area contributed by atoms with Crippen molar-refractivity contribution in [1.29, 1.82) is 0 Å². The van der Waals surface area contributed by atoms with E-state index in [-0.39, 0.29) is 24.0 Å². The Morgan fingerprint density at radius 2 is 1.93 bits per heavy atom. The Kier molecular flexibility index (Phi) is 11.8. The van der Waals surface area contributed by atoms with Gasteiger partial charge >= 0.3 is 0 Å². The van der Waals surface area contributed by atoms with Crippen LogP contribution in [0.5, 0.6) is 0 Å². The number of ether oxygens (including phenoxy) is 3. The molecule has 30 heavy (non-hydrogen) atoms. The van der Waals surface area contributed by atoms with Gasteiger partial charge in [0.25, 0.3) is 0 Å². The Labute approximate surface area is 198 Å². The number of nitrogens with zero attached hydrogens (tertiary/aromatic N) is 3. The third-order valence-electron chi connectivity index (χ3n) is 5.43. The average Bonchev–Trinajstić information content (AvgIpc) is 3.24. The maximum Gasteiger partial charge on any atom is 0.194 e. The molecule has 1 aromatic rings. The molecule has 1 N–H and O–H groups in total. The standard InChI is InChI=1S/C22H36N4O3.HI/c1-3-23-22(26-9-8-20(17-26)18-29-15-14-27-2)24-16-19-4-6-21(7-5-19)25-10-12-28-13-11-25;/h4-7,20H,3,8-18H2,1-2H3,(H,23,24);1H. The first-order valence-corrected chi connectivity index (χ1v) is 10.8. The van der Waals surface area contributed by atoms with Gasteiger partial charge in [0, 0.05) is 51.4 Å². The van der Waals surface area contributed by atoms with E-state index in [0.717, 1.165) is 64.9 Å². The van der Waals surface area contributed by atoms with E-state index in [4.69, 9.17) is 19.2 Å². The third kappa shape index (κ3) is 7.86. The first-order chi connectivity index (χ1) is 14.3. The molecule has 0 radical (unpaired) electrons. The van der Waals surface area contributed by atoms with Crippen LogP contribution in [0.25, 0.3) is 0 Å². The van der Waals surface area contributed by atoms with Crippen LogP contribution in [0.3, 0.4) is 0 Å². The second-order valence-corrected chi connectivity index (χ2v) is 7.60. The fourth-order valence-electron chi connectivity index (χ4n) is 3.78. The molecule has 170 valence electrons. The zero-order valence-electron chi connectivity index (χ0n) is 18.3. The zero-order valence-corrected chi connectivity index (χ0v) is 20.7. The van der Waals surface area contributed by atoms with Crippen LogP contribution in [0, 0.1) is 5.92 Å². The molecule has 1 atom stereocenters. The van der Waals surface area contributed by atoms with Gasteiger partial charge in [0.2, 0.25) is 0 Å². The zero-order chi connectivity index (χ0) is 20.3. The van der Waals surface area contributed by atoms with E-state index in [1.807, 2.05) is 0 Å². The van der Waals surface area contributed by atoms with Crippen LogP contribution in [-0.2, 0) is 20.8 Å². The SMILES string of the molecule is CCNC(=NCc1ccc(N2CCOCC2)cc1)N1CCC(COCCOC)C1.I. The fraction of sp³-hybridized carbons (Fsp3) is 0.682. The van der Waals surface area contributed by atoms with Crippen LogP contribution in [0.2, 0.25) is 0 Å². The van der Waals surface area contributed by atoms with Gasteiger partial charge in [0.05, 0.1) is 39.6 Å². The average molecular weight is 532 g/mol. The third-order valence-corrected chi connectivity index (χ3v) is 5.43. The number of methoxy groups -OCH3 is 1. The quantitative estimate of drug-likeness (QED) is 0.229. The number of aliphatic imine (C=N–C) groups is 1. The maximum absolute atomic E-state index is 5.71. The summed E-state index contributed by atoms with van der Waals surface area (Å²) < 4.78 is 16.2. The summed E-state index contributed by atoms with van der Waals surface area (Å²) in [6, 6.07) is 8.78. The van der Waals surface area contributed by atoms with Crippen molar-refractivity contribution >= 4 is 35.6 Å². The summed E-state index contributed by atoms with van der Waals surface area (Å²) in [5, 5.41) is 3.45. The molecule has 0 aliphatic carbocycles. The molecule has 0 aromatic heterocycles. The Bertz CT molecular complexity index is 623. The van der Waals surface area contributed by atoms with Gasteiger partial charge < -0.3 is 29.3 Å². The second kappa shape index (κ2) is 14.1. The van der Waals surface area contributed by atoms with Gasteiger partial charge in [-0.1, -0.05) is 12.1 Å². The van der Waals surface area contributed by atoms with Gasteiger partial charge in [-0.3, -0.25) is 0 Å². The molecule has 0 bridgehead atoms. The number of likely N-dealkylation sites (tertiary alicyclic amines) is 1.